The second kappa shape index (κ2) is 5.92. The van der Waals surface area contributed by atoms with Crippen LogP contribution in [-0.2, 0) is 6.42 Å². The molecule has 4 rings (SSSR count). The summed E-state index contributed by atoms with van der Waals surface area (Å²) < 4.78 is 0. The van der Waals surface area contributed by atoms with Gasteiger partial charge in [-0.05, 0) is 70.1 Å². The fourth-order valence-corrected chi connectivity index (χ4v) is 3.73. The zero-order valence-electron chi connectivity index (χ0n) is 14.2. The summed E-state index contributed by atoms with van der Waals surface area (Å²) in [7, 11) is 0. The highest BCUT2D eigenvalue weighted by Crippen LogP contribution is 2.36. The average molecular weight is 314 g/mol. The Morgan fingerprint density at radius 1 is 0.917 bits per heavy atom. The Morgan fingerprint density at radius 3 is 2.25 bits per heavy atom. The Labute approximate surface area is 142 Å². The van der Waals surface area contributed by atoms with E-state index < -0.39 is 0 Å². The van der Waals surface area contributed by atoms with Crippen LogP contribution in [0.1, 0.15) is 25.8 Å². The van der Waals surface area contributed by atoms with Crippen LogP contribution >= 0.6 is 0 Å². The van der Waals surface area contributed by atoms with Crippen molar-refractivity contribution in [2.24, 2.45) is 0 Å². The first kappa shape index (κ1) is 15.2. The van der Waals surface area contributed by atoms with Crippen molar-refractivity contribution in [1.29, 1.82) is 0 Å². The molecule has 0 saturated carbocycles. The third-order valence-electron chi connectivity index (χ3n) is 5.29. The maximum Gasteiger partial charge on any atom is 0.0750 e. The van der Waals surface area contributed by atoms with Gasteiger partial charge in [0.2, 0.25) is 0 Å². The second-order valence-electron chi connectivity index (χ2n) is 6.67. The summed E-state index contributed by atoms with van der Waals surface area (Å²) >= 11 is 0. The van der Waals surface area contributed by atoms with Crippen LogP contribution in [0.15, 0.2) is 66.2 Å². The van der Waals surface area contributed by atoms with Gasteiger partial charge >= 0.3 is 0 Å². The lowest BCUT2D eigenvalue weighted by Crippen LogP contribution is -2.09. The van der Waals surface area contributed by atoms with Crippen molar-refractivity contribution in [2.45, 2.75) is 32.8 Å². The molecule has 1 heteroatoms. The molecule has 0 aromatic heterocycles. The molecule has 1 atom stereocenters. The highest BCUT2D eigenvalue weighted by Gasteiger charge is 2.12. The van der Waals surface area contributed by atoms with Crippen LogP contribution in [0.4, 0.5) is 0 Å². The molecule has 4 aromatic rings. The molecule has 0 aliphatic rings. The molecule has 1 nitrogen and oxygen atoms in total. The first-order valence-electron chi connectivity index (χ1n) is 8.65. The molecule has 0 saturated heterocycles. The predicted molar refractivity (Wildman–Crippen MR) is 104 cm³/mol. The van der Waals surface area contributed by atoms with E-state index in [2.05, 4.69) is 54.6 Å². The Morgan fingerprint density at radius 2 is 1.54 bits per heavy atom. The quantitative estimate of drug-likeness (QED) is 0.370. The molecule has 0 aliphatic heterocycles. The van der Waals surface area contributed by atoms with Crippen molar-refractivity contribution in [3.63, 3.8) is 0 Å². The van der Waals surface area contributed by atoms with Crippen LogP contribution in [0.5, 0.6) is 0 Å². The molecule has 0 fully saturated rings. The monoisotopic (exact) mass is 314 g/mol. The lowest BCUT2D eigenvalue weighted by atomic mass is 9.90. The Kier molecular flexibility index (Phi) is 3.74. The number of allylic oxidation sites excluding steroid dienone is 1. The van der Waals surface area contributed by atoms with E-state index in [4.69, 9.17) is 0 Å². The lowest BCUT2D eigenvalue weighted by molar-refractivity contribution is 0.200. The van der Waals surface area contributed by atoms with E-state index >= 15 is 0 Å². The number of aliphatic hydroxyl groups excluding tert-OH is 1. The van der Waals surface area contributed by atoms with E-state index in [1.807, 2.05) is 19.9 Å². The molecule has 4 aromatic carbocycles. The normalized spacial score (nSPS) is 14.0. The highest BCUT2D eigenvalue weighted by atomic mass is 16.3. The Balaban J connectivity index is 1.85. The topological polar surface area (TPSA) is 20.2 Å². The van der Waals surface area contributed by atoms with Crippen LogP contribution in [0.2, 0.25) is 0 Å². The molecule has 1 N–H and O–H groups in total. The number of hydrogen-bond acceptors (Lipinski definition) is 1. The van der Waals surface area contributed by atoms with Crippen LogP contribution in [0.3, 0.4) is 0 Å². The Hall–Kier alpha value is -2.38. The number of aryl methyl sites for hydroxylation is 1. The van der Waals surface area contributed by atoms with E-state index in [-0.39, 0.29) is 6.10 Å². The van der Waals surface area contributed by atoms with Gasteiger partial charge in [-0.1, -0.05) is 60.7 Å². The van der Waals surface area contributed by atoms with Crippen LogP contribution in [0.25, 0.3) is 32.3 Å². The summed E-state index contributed by atoms with van der Waals surface area (Å²) in [5.41, 5.74) is 2.37. The minimum atomic E-state index is -0.353. The van der Waals surface area contributed by atoms with E-state index in [1.54, 1.807) is 0 Å². The van der Waals surface area contributed by atoms with Crippen molar-refractivity contribution < 1.29 is 5.11 Å². The van der Waals surface area contributed by atoms with E-state index in [9.17, 15) is 5.11 Å². The summed E-state index contributed by atoms with van der Waals surface area (Å²) in [6.07, 6.45) is 3.30. The van der Waals surface area contributed by atoms with Gasteiger partial charge in [-0.25, -0.2) is 0 Å². The summed E-state index contributed by atoms with van der Waals surface area (Å²) in [5, 5.41) is 18.2. The summed E-state index contributed by atoms with van der Waals surface area (Å²) in [4.78, 5) is 0. The molecule has 0 bridgehead atoms. The summed E-state index contributed by atoms with van der Waals surface area (Å²) in [6.45, 7) is 3.98. The first-order chi connectivity index (χ1) is 11.7. The van der Waals surface area contributed by atoms with Gasteiger partial charge in [0.25, 0.3) is 0 Å². The number of hydrogen-bond donors (Lipinski definition) is 1. The molecule has 0 aliphatic carbocycles. The summed E-state index contributed by atoms with van der Waals surface area (Å²) in [5.74, 6) is 0. The maximum atomic E-state index is 10.3. The van der Waals surface area contributed by atoms with E-state index in [0.29, 0.717) is 0 Å². The minimum absolute atomic E-state index is 0.353. The molecule has 120 valence electrons. The van der Waals surface area contributed by atoms with Gasteiger partial charge in [-0.15, -0.1) is 0 Å². The smallest absolute Gasteiger partial charge is 0.0750 e. The van der Waals surface area contributed by atoms with E-state index in [0.717, 1.165) is 18.4 Å². The highest BCUT2D eigenvalue weighted by molar-refractivity contribution is 6.23. The second-order valence-corrected chi connectivity index (χ2v) is 6.67. The molecule has 0 amide bonds. The minimum Gasteiger partial charge on any atom is -0.389 e. The third-order valence-corrected chi connectivity index (χ3v) is 5.29. The van der Waals surface area contributed by atoms with Crippen LogP contribution in [0, 0.1) is 0 Å². The number of rotatable bonds is 4. The maximum absolute atomic E-state index is 10.3. The van der Waals surface area contributed by atoms with Crippen molar-refractivity contribution in [3.8, 4) is 0 Å². The standard InChI is InChI=1S/C23H22O/c1-3-15(2)21(24)14-12-16-7-8-19-10-9-17-5-4-6-18-11-13-20(16)23(19)22(17)18/h3-11,13,21,24H,12,14H2,1-2H3/b15-3+. The molecule has 0 heterocycles. The average Bonchev–Trinajstić information content (AvgIpc) is 2.64. The zero-order valence-corrected chi connectivity index (χ0v) is 14.2. The molecule has 1 unspecified atom stereocenters. The molecule has 0 spiro atoms. The van der Waals surface area contributed by atoms with Crippen LogP contribution < -0.4 is 0 Å². The van der Waals surface area contributed by atoms with Gasteiger partial charge < -0.3 is 5.11 Å². The summed E-state index contributed by atoms with van der Waals surface area (Å²) in [6, 6.07) is 19.8. The lowest BCUT2D eigenvalue weighted by Gasteiger charge is -2.15. The predicted octanol–water partition coefficient (Wildman–Crippen LogP) is 5.84. The SMILES string of the molecule is C/C=C(\C)C(O)CCc1ccc2ccc3cccc4ccc1c2c34. The largest absolute Gasteiger partial charge is 0.389 e. The van der Waals surface area contributed by atoms with E-state index in [1.165, 1.54) is 37.9 Å². The Bertz CT molecular complexity index is 1030. The fraction of sp³-hybridized carbons (Fsp3) is 0.217. The third kappa shape index (κ3) is 2.37. The molecular weight excluding hydrogens is 292 g/mol. The van der Waals surface area contributed by atoms with Gasteiger partial charge in [0.05, 0.1) is 6.10 Å². The van der Waals surface area contributed by atoms with Crippen molar-refractivity contribution >= 4 is 32.3 Å². The van der Waals surface area contributed by atoms with Crippen molar-refractivity contribution in [3.05, 3.63) is 71.8 Å². The number of aliphatic hydroxyl groups is 1. The van der Waals surface area contributed by atoms with Crippen molar-refractivity contribution in [2.75, 3.05) is 0 Å². The first-order valence-corrected chi connectivity index (χ1v) is 8.65. The van der Waals surface area contributed by atoms with Gasteiger partial charge in [0.15, 0.2) is 0 Å². The van der Waals surface area contributed by atoms with Gasteiger partial charge in [0.1, 0.15) is 0 Å². The van der Waals surface area contributed by atoms with Gasteiger partial charge in [0, 0.05) is 0 Å². The van der Waals surface area contributed by atoms with Crippen LogP contribution in [-0.4, -0.2) is 11.2 Å². The van der Waals surface area contributed by atoms with Crippen molar-refractivity contribution in [1.82, 2.24) is 0 Å². The molecule has 0 radical (unpaired) electrons. The van der Waals surface area contributed by atoms with Gasteiger partial charge in [-0.2, -0.15) is 0 Å². The zero-order chi connectivity index (χ0) is 16.7. The molecular formula is C23H22O. The van der Waals surface area contributed by atoms with Gasteiger partial charge in [-0.3, -0.25) is 0 Å². The fourth-order valence-electron chi connectivity index (χ4n) is 3.73. The number of benzene rings is 4. The molecule has 24 heavy (non-hydrogen) atoms.